The maximum absolute atomic E-state index is 5.89. The van der Waals surface area contributed by atoms with Gasteiger partial charge in [0, 0.05) is 19.3 Å². The summed E-state index contributed by atoms with van der Waals surface area (Å²) in [6.45, 7) is 6.66. The number of anilines is 2. The van der Waals surface area contributed by atoms with Crippen molar-refractivity contribution in [1.82, 2.24) is 4.98 Å². The van der Waals surface area contributed by atoms with Crippen LogP contribution in [0, 0.1) is 5.92 Å². The molecule has 1 aromatic rings. The molecule has 1 unspecified atom stereocenters. The monoisotopic (exact) mass is 207 g/mol. The molecule has 0 radical (unpaired) electrons. The van der Waals surface area contributed by atoms with Gasteiger partial charge >= 0.3 is 0 Å². The molecule has 3 heteroatoms. The molecule has 2 N–H and O–H groups in total. The molecule has 0 aliphatic rings. The minimum Gasteiger partial charge on any atom is -0.396 e. The molecule has 0 saturated carbocycles. The van der Waals surface area contributed by atoms with Crippen molar-refractivity contribution in [2.45, 2.75) is 33.2 Å². The Hall–Kier alpha value is -1.25. The second kappa shape index (κ2) is 5.01. The minimum absolute atomic E-state index is 0.460. The average Bonchev–Trinajstić information content (AvgIpc) is 2.16. The SMILES string of the molecule is CC(C)CC(C)N(C)c1ncccc1N. The van der Waals surface area contributed by atoms with Crippen LogP contribution in [0.5, 0.6) is 0 Å². The van der Waals surface area contributed by atoms with E-state index in [1.165, 1.54) is 0 Å². The maximum Gasteiger partial charge on any atom is 0.151 e. The molecule has 0 spiro atoms. The lowest BCUT2D eigenvalue weighted by atomic mass is 10.0. The highest BCUT2D eigenvalue weighted by molar-refractivity contribution is 5.62. The van der Waals surface area contributed by atoms with Gasteiger partial charge in [-0.05, 0) is 31.4 Å². The van der Waals surface area contributed by atoms with Crippen LogP contribution < -0.4 is 10.6 Å². The van der Waals surface area contributed by atoms with E-state index in [-0.39, 0.29) is 0 Å². The molecule has 0 aliphatic heterocycles. The first kappa shape index (κ1) is 11.8. The third-order valence-corrected chi connectivity index (χ3v) is 2.62. The summed E-state index contributed by atoms with van der Waals surface area (Å²) in [5, 5.41) is 0. The van der Waals surface area contributed by atoms with Crippen LogP contribution in [-0.4, -0.2) is 18.1 Å². The second-order valence-corrected chi connectivity index (χ2v) is 4.51. The van der Waals surface area contributed by atoms with Gasteiger partial charge in [0.2, 0.25) is 0 Å². The molecular formula is C12H21N3. The first-order valence-electron chi connectivity index (χ1n) is 5.45. The third kappa shape index (κ3) is 3.11. The van der Waals surface area contributed by atoms with Gasteiger partial charge < -0.3 is 10.6 Å². The topological polar surface area (TPSA) is 42.2 Å². The lowest BCUT2D eigenvalue weighted by Gasteiger charge is -2.28. The fourth-order valence-corrected chi connectivity index (χ4v) is 1.75. The highest BCUT2D eigenvalue weighted by Gasteiger charge is 2.14. The smallest absolute Gasteiger partial charge is 0.151 e. The van der Waals surface area contributed by atoms with E-state index in [2.05, 4.69) is 30.7 Å². The molecule has 1 heterocycles. The van der Waals surface area contributed by atoms with Crippen LogP contribution in [0.4, 0.5) is 11.5 Å². The van der Waals surface area contributed by atoms with Crippen molar-refractivity contribution in [2.75, 3.05) is 17.7 Å². The van der Waals surface area contributed by atoms with E-state index in [1.54, 1.807) is 6.20 Å². The van der Waals surface area contributed by atoms with Crippen LogP contribution in [0.1, 0.15) is 27.2 Å². The molecule has 0 bridgehead atoms. The average molecular weight is 207 g/mol. The van der Waals surface area contributed by atoms with E-state index in [0.717, 1.165) is 17.9 Å². The fraction of sp³-hybridized carbons (Fsp3) is 0.583. The largest absolute Gasteiger partial charge is 0.396 e. The highest BCUT2D eigenvalue weighted by Crippen LogP contribution is 2.22. The lowest BCUT2D eigenvalue weighted by Crippen LogP contribution is -2.31. The van der Waals surface area contributed by atoms with Crippen molar-refractivity contribution in [1.29, 1.82) is 0 Å². The fourth-order valence-electron chi connectivity index (χ4n) is 1.75. The summed E-state index contributed by atoms with van der Waals surface area (Å²) < 4.78 is 0. The minimum atomic E-state index is 0.460. The standard InChI is InChI=1S/C12H21N3/c1-9(2)8-10(3)15(4)12-11(13)6-5-7-14-12/h5-7,9-10H,8,13H2,1-4H3. The van der Waals surface area contributed by atoms with Crippen LogP contribution in [0.2, 0.25) is 0 Å². The van der Waals surface area contributed by atoms with E-state index in [1.807, 2.05) is 19.2 Å². The van der Waals surface area contributed by atoms with E-state index in [0.29, 0.717) is 12.0 Å². The zero-order valence-corrected chi connectivity index (χ0v) is 10.1. The zero-order chi connectivity index (χ0) is 11.4. The lowest BCUT2D eigenvalue weighted by molar-refractivity contribution is 0.502. The Bertz CT molecular complexity index is 309. The first-order valence-corrected chi connectivity index (χ1v) is 5.45. The Morgan fingerprint density at radius 1 is 1.40 bits per heavy atom. The van der Waals surface area contributed by atoms with Crippen molar-refractivity contribution >= 4 is 11.5 Å². The maximum atomic E-state index is 5.89. The van der Waals surface area contributed by atoms with Gasteiger partial charge in [-0.2, -0.15) is 0 Å². The predicted octanol–water partition coefficient (Wildman–Crippen LogP) is 2.53. The summed E-state index contributed by atoms with van der Waals surface area (Å²) in [5.74, 6) is 1.57. The van der Waals surface area contributed by atoms with Crippen LogP contribution in [-0.2, 0) is 0 Å². The number of rotatable bonds is 4. The number of nitrogens with two attached hydrogens (primary N) is 1. The number of nitrogen functional groups attached to an aromatic ring is 1. The number of aromatic nitrogens is 1. The van der Waals surface area contributed by atoms with E-state index in [9.17, 15) is 0 Å². The summed E-state index contributed by atoms with van der Waals surface area (Å²) in [7, 11) is 2.05. The number of pyridine rings is 1. The van der Waals surface area contributed by atoms with Gasteiger partial charge in [-0.15, -0.1) is 0 Å². The quantitative estimate of drug-likeness (QED) is 0.825. The first-order chi connectivity index (χ1) is 7.02. The summed E-state index contributed by atoms with van der Waals surface area (Å²) in [6.07, 6.45) is 2.93. The van der Waals surface area contributed by atoms with Crippen molar-refractivity contribution < 1.29 is 0 Å². The van der Waals surface area contributed by atoms with Crippen LogP contribution in [0.15, 0.2) is 18.3 Å². The van der Waals surface area contributed by atoms with E-state index >= 15 is 0 Å². The molecule has 1 aromatic heterocycles. The Morgan fingerprint density at radius 3 is 2.60 bits per heavy atom. The number of hydrogen-bond acceptors (Lipinski definition) is 3. The predicted molar refractivity (Wildman–Crippen MR) is 66.0 cm³/mol. The molecule has 1 atom stereocenters. The van der Waals surface area contributed by atoms with Gasteiger partial charge in [0.1, 0.15) is 0 Å². The van der Waals surface area contributed by atoms with E-state index < -0.39 is 0 Å². The number of nitrogens with zero attached hydrogens (tertiary/aromatic N) is 2. The van der Waals surface area contributed by atoms with Crippen molar-refractivity contribution in [3.63, 3.8) is 0 Å². The molecule has 0 fully saturated rings. The third-order valence-electron chi connectivity index (χ3n) is 2.62. The van der Waals surface area contributed by atoms with Crippen LogP contribution in [0.3, 0.4) is 0 Å². The summed E-state index contributed by atoms with van der Waals surface area (Å²) in [6, 6.07) is 4.21. The number of hydrogen-bond donors (Lipinski definition) is 1. The van der Waals surface area contributed by atoms with Gasteiger partial charge in [-0.1, -0.05) is 13.8 Å². The van der Waals surface area contributed by atoms with Gasteiger partial charge in [-0.25, -0.2) is 4.98 Å². The molecule has 1 rings (SSSR count). The molecule has 0 amide bonds. The highest BCUT2D eigenvalue weighted by atomic mass is 15.2. The van der Waals surface area contributed by atoms with Crippen molar-refractivity contribution in [3.05, 3.63) is 18.3 Å². The molecule has 0 saturated heterocycles. The summed E-state index contributed by atoms with van der Waals surface area (Å²) in [4.78, 5) is 6.46. The summed E-state index contributed by atoms with van der Waals surface area (Å²) in [5.41, 5.74) is 6.63. The molecule has 84 valence electrons. The van der Waals surface area contributed by atoms with Crippen LogP contribution >= 0.6 is 0 Å². The zero-order valence-electron chi connectivity index (χ0n) is 10.1. The Labute approximate surface area is 92.3 Å². The Kier molecular flexibility index (Phi) is 3.95. The molecule has 15 heavy (non-hydrogen) atoms. The van der Waals surface area contributed by atoms with Gasteiger partial charge in [0.05, 0.1) is 5.69 Å². The molecule has 0 aliphatic carbocycles. The van der Waals surface area contributed by atoms with Crippen molar-refractivity contribution in [3.8, 4) is 0 Å². The normalized spacial score (nSPS) is 12.9. The van der Waals surface area contributed by atoms with Gasteiger partial charge in [0.25, 0.3) is 0 Å². The Morgan fingerprint density at radius 2 is 2.07 bits per heavy atom. The van der Waals surface area contributed by atoms with Crippen LogP contribution in [0.25, 0.3) is 0 Å². The molecular weight excluding hydrogens is 186 g/mol. The Balaban J connectivity index is 2.76. The summed E-state index contributed by atoms with van der Waals surface area (Å²) >= 11 is 0. The van der Waals surface area contributed by atoms with E-state index in [4.69, 9.17) is 5.73 Å². The molecule has 3 nitrogen and oxygen atoms in total. The van der Waals surface area contributed by atoms with Crippen molar-refractivity contribution in [2.24, 2.45) is 5.92 Å². The molecule has 0 aromatic carbocycles. The second-order valence-electron chi connectivity index (χ2n) is 4.51. The van der Waals surface area contributed by atoms with Gasteiger partial charge in [-0.3, -0.25) is 0 Å². The van der Waals surface area contributed by atoms with Gasteiger partial charge in [0.15, 0.2) is 5.82 Å².